The van der Waals surface area contributed by atoms with E-state index in [1.54, 1.807) is 11.8 Å². The summed E-state index contributed by atoms with van der Waals surface area (Å²) >= 11 is 1.65. The highest BCUT2D eigenvalue weighted by Crippen LogP contribution is 2.48. The number of piperazine rings is 1. The monoisotopic (exact) mass is 710 g/mol. The number of hydrogen-bond donors (Lipinski definition) is 1. The fourth-order valence-corrected chi connectivity index (χ4v) is 9.43. The van der Waals surface area contributed by atoms with Crippen molar-refractivity contribution in [3.63, 3.8) is 0 Å². The summed E-state index contributed by atoms with van der Waals surface area (Å²) in [6.45, 7) is 12.9. The standard InChI is InChI=1S/C41H52N6O3S.H2/c1-41(2,3)20-24-47-38(49)36(29-37(48)45-21-18-32(19-22-45)46-23-17-30-11-7-9-15-34(30)42-40(46)50)51-39(47)33-14-8-10-16-35(33)44-27-25-43(26-28-44)31-12-5-4-6-13-31;/h4-16,32,36,39H,17-29H2,1-3H3,(H,42,50);1H. The van der Waals surface area contributed by atoms with E-state index in [2.05, 4.69) is 101 Å². The number of piperidine rings is 1. The number of thioether (sulfide) groups is 1. The lowest BCUT2D eigenvalue weighted by atomic mass is 9.92. The van der Waals surface area contributed by atoms with Crippen LogP contribution in [0.1, 0.15) is 64.4 Å². The first-order valence-corrected chi connectivity index (χ1v) is 19.6. The minimum absolute atomic E-state index is 0. The summed E-state index contributed by atoms with van der Waals surface area (Å²) in [6.07, 6.45) is 3.39. The lowest BCUT2D eigenvalue weighted by Gasteiger charge is -2.39. The van der Waals surface area contributed by atoms with Gasteiger partial charge in [0.1, 0.15) is 5.37 Å². The summed E-state index contributed by atoms with van der Waals surface area (Å²) in [4.78, 5) is 52.0. The van der Waals surface area contributed by atoms with Crippen LogP contribution in [-0.4, -0.2) is 96.2 Å². The van der Waals surface area contributed by atoms with Crippen LogP contribution < -0.4 is 15.1 Å². The molecule has 4 heterocycles. The highest BCUT2D eigenvalue weighted by molar-refractivity contribution is 8.01. The SMILES string of the molecule is CC(C)(C)CCN1C(=O)C(CC(=O)N2CCC(N3CCc4ccccc4NC3=O)CC2)SC1c1ccccc1N1CCN(c2ccccc2)CC1.[HH]. The Morgan fingerprint density at radius 2 is 1.49 bits per heavy atom. The van der Waals surface area contributed by atoms with Crippen molar-refractivity contribution in [3.8, 4) is 0 Å². The Labute approximate surface area is 308 Å². The molecule has 3 aromatic carbocycles. The van der Waals surface area contributed by atoms with Crippen molar-refractivity contribution in [3.05, 3.63) is 90.0 Å². The number of anilines is 3. The number of nitrogens with zero attached hydrogens (tertiary/aromatic N) is 5. The predicted molar refractivity (Wildman–Crippen MR) is 209 cm³/mol. The Morgan fingerprint density at radius 1 is 0.824 bits per heavy atom. The molecule has 4 aliphatic heterocycles. The van der Waals surface area contributed by atoms with Crippen LogP contribution in [0.4, 0.5) is 21.9 Å². The first kappa shape index (κ1) is 35.2. The highest BCUT2D eigenvalue weighted by Gasteiger charge is 2.44. The summed E-state index contributed by atoms with van der Waals surface area (Å²) in [5.41, 5.74) is 5.72. The van der Waals surface area contributed by atoms with Gasteiger partial charge in [0.25, 0.3) is 0 Å². The normalized spacial score (nSPS) is 21.8. The number of hydrogen-bond acceptors (Lipinski definition) is 6. The zero-order valence-electron chi connectivity index (χ0n) is 30.3. The third-order valence-electron chi connectivity index (χ3n) is 10.9. The van der Waals surface area contributed by atoms with Crippen LogP contribution >= 0.6 is 11.8 Å². The highest BCUT2D eigenvalue weighted by atomic mass is 32.2. The molecule has 9 nitrogen and oxygen atoms in total. The second-order valence-corrected chi connectivity index (χ2v) is 16.8. The zero-order chi connectivity index (χ0) is 35.5. The van der Waals surface area contributed by atoms with E-state index >= 15 is 0 Å². The molecule has 4 aliphatic rings. The molecule has 2 unspecified atom stereocenters. The van der Waals surface area contributed by atoms with Crippen molar-refractivity contribution in [2.75, 3.05) is 67.5 Å². The Balaban J connectivity index is 0.00000464. The molecule has 10 heteroatoms. The largest absolute Gasteiger partial charge is 0.368 e. The first-order valence-electron chi connectivity index (χ1n) is 18.7. The van der Waals surface area contributed by atoms with Crippen molar-refractivity contribution < 1.29 is 15.8 Å². The number of benzene rings is 3. The maximum absolute atomic E-state index is 14.2. The van der Waals surface area contributed by atoms with Crippen LogP contribution in [0.3, 0.4) is 0 Å². The molecule has 0 spiro atoms. The summed E-state index contributed by atoms with van der Waals surface area (Å²) in [7, 11) is 0. The van der Waals surface area contributed by atoms with Gasteiger partial charge in [0, 0.05) is 88.9 Å². The second kappa shape index (κ2) is 15.2. The van der Waals surface area contributed by atoms with Gasteiger partial charge in [-0.05, 0) is 60.9 Å². The van der Waals surface area contributed by atoms with Crippen molar-refractivity contribution in [2.24, 2.45) is 5.41 Å². The van der Waals surface area contributed by atoms with Gasteiger partial charge in [0.05, 0.1) is 5.25 Å². The molecule has 272 valence electrons. The van der Waals surface area contributed by atoms with Gasteiger partial charge in [0.15, 0.2) is 0 Å². The lowest BCUT2D eigenvalue weighted by molar-refractivity contribution is -0.137. The Hall–Kier alpha value is -4.18. The van der Waals surface area contributed by atoms with Gasteiger partial charge in [-0.2, -0.15) is 0 Å². The average Bonchev–Trinajstić information content (AvgIpc) is 3.34. The maximum atomic E-state index is 14.2. The number of urea groups is 1. The van der Waals surface area contributed by atoms with E-state index in [1.165, 1.54) is 11.4 Å². The van der Waals surface area contributed by atoms with Crippen molar-refractivity contribution in [2.45, 2.75) is 69.5 Å². The quantitative estimate of drug-likeness (QED) is 0.269. The number of carbonyl (C=O) groups is 3. The van der Waals surface area contributed by atoms with Gasteiger partial charge in [-0.1, -0.05) is 75.4 Å². The molecular formula is C41H54N6O3S. The zero-order valence-corrected chi connectivity index (χ0v) is 31.1. The molecule has 51 heavy (non-hydrogen) atoms. The number of likely N-dealkylation sites (tertiary alicyclic amines) is 1. The number of rotatable bonds is 8. The molecule has 4 amide bonds. The van der Waals surface area contributed by atoms with Crippen LogP contribution in [-0.2, 0) is 16.0 Å². The van der Waals surface area contributed by atoms with Crippen LogP contribution in [0.2, 0.25) is 0 Å². The van der Waals surface area contributed by atoms with Gasteiger partial charge in [-0.15, -0.1) is 11.8 Å². The lowest BCUT2D eigenvalue weighted by Crippen LogP contribution is -2.50. The van der Waals surface area contributed by atoms with Gasteiger partial charge < -0.3 is 29.8 Å². The molecule has 3 saturated heterocycles. The summed E-state index contributed by atoms with van der Waals surface area (Å²) in [5, 5.41) is 2.53. The molecule has 1 N–H and O–H groups in total. The number of carbonyl (C=O) groups excluding carboxylic acids is 3. The third-order valence-corrected chi connectivity index (χ3v) is 12.4. The third kappa shape index (κ3) is 8.01. The molecule has 0 radical (unpaired) electrons. The Kier molecular flexibility index (Phi) is 10.5. The topological polar surface area (TPSA) is 79.4 Å². The number of fused-ring (bicyclic) bond motifs is 1. The van der Waals surface area contributed by atoms with Crippen LogP contribution in [0.15, 0.2) is 78.9 Å². The minimum Gasteiger partial charge on any atom is -0.368 e. The predicted octanol–water partition coefficient (Wildman–Crippen LogP) is 7.11. The van der Waals surface area contributed by atoms with Gasteiger partial charge in [0.2, 0.25) is 11.8 Å². The van der Waals surface area contributed by atoms with Crippen molar-refractivity contribution in [1.29, 1.82) is 0 Å². The number of amides is 4. The maximum Gasteiger partial charge on any atom is 0.322 e. The van der Waals surface area contributed by atoms with E-state index in [0.29, 0.717) is 26.2 Å². The van der Waals surface area contributed by atoms with E-state index in [1.807, 2.05) is 28.0 Å². The minimum atomic E-state index is -0.418. The molecule has 0 saturated carbocycles. The van der Waals surface area contributed by atoms with Crippen LogP contribution in [0.25, 0.3) is 0 Å². The van der Waals surface area contributed by atoms with E-state index in [4.69, 9.17) is 0 Å². The first-order chi connectivity index (χ1) is 24.6. The van der Waals surface area contributed by atoms with Crippen LogP contribution in [0, 0.1) is 5.41 Å². The van der Waals surface area contributed by atoms with Crippen molar-refractivity contribution in [1.82, 2.24) is 14.7 Å². The number of nitrogens with one attached hydrogen (secondary N) is 1. The van der Waals surface area contributed by atoms with Gasteiger partial charge >= 0.3 is 6.03 Å². The fraction of sp³-hybridized carbons (Fsp3) is 0.488. The smallest absolute Gasteiger partial charge is 0.322 e. The van der Waals surface area contributed by atoms with Gasteiger partial charge in [-0.3, -0.25) is 9.59 Å². The van der Waals surface area contributed by atoms with E-state index in [0.717, 1.165) is 68.7 Å². The van der Waals surface area contributed by atoms with Gasteiger partial charge in [-0.25, -0.2) is 4.79 Å². The average molecular weight is 711 g/mol. The molecule has 3 fully saturated rings. The molecule has 0 bridgehead atoms. The van der Waals surface area contributed by atoms with Crippen LogP contribution in [0.5, 0.6) is 0 Å². The Morgan fingerprint density at radius 3 is 2.24 bits per heavy atom. The van der Waals surface area contributed by atoms with E-state index < -0.39 is 5.25 Å². The molecule has 0 aliphatic carbocycles. The summed E-state index contributed by atoms with van der Waals surface area (Å²) < 4.78 is 0. The molecule has 7 rings (SSSR count). The fourth-order valence-electron chi connectivity index (χ4n) is 7.93. The number of para-hydroxylation sites is 3. The molecule has 3 aromatic rings. The molecule has 2 atom stereocenters. The second-order valence-electron chi connectivity index (χ2n) is 15.5. The molecular weight excluding hydrogens is 657 g/mol. The van der Waals surface area contributed by atoms with E-state index in [9.17, 15) is 14.4 Å². The van der Waals surface area contributed by atoms with Crippen molar-refractivity contribution >= 4 is 46.7 Å². The summed E-state index contributed by atoms with van der Waals surface area (Å²) in [6, 6.07) is 27.2. The molecule has 0 aromatic heterocycles. The summed E-state index contributed by atoms with van der Waals surface area (Å²) in [5.74, 6) is 0.107. The van der Waals surface area contributed by atoms with E-state index in [-0.39, 0.29) is 42.5 Å². The Bertz CT molecular complexity index is 1700.